The van der Waals surface area contributed by atoms with E-state index in [1.807, 2.05) is 13.8 Å². The minimum absolute atomic E-state index is 0.0250. The number of carboxylic acids is 1. The van der Waals surface area contributed by atoms with Gasteiger partial charge in [-0.15, -0.1) is 0 Å². The quantitative estimate of drug-likeness (QED) is 0.648. The number of hydrogen-bond donors (Lipinski definition) is 3. The monoisotopic (exact) mass is 270 g/mol. The highest BCUT2D eigenvalue weighted by Crippen LogP contribution is 2.31. The van der Waals surface area contributed by atoms with E-state index in [0.29, 0.717) is 18.9 Å². The van der Waals surface area contributed by atoms with Gasteiger partial charge >= 0.3 is 5.97 Å². The Balaban J connectivity index is 2.45. The normalized spacial score (nSPS) is 24.4. The summed E-state index contributed by atoms with van der Waals surface area (Å²) in [5.41, 5.74) is 5.66. The Morgan fingerprint density at radius 1 is 1.37 bits per heavy atom. The maximum Gasteiger partial charge on any atom is 0.308 e. The van der Waals surface area contributed by atoms with Crippen LogP contribution in [0.5, 0.6) is 0 Å². The van der Waals surface area contributed by atoms with E-state index in [4.69, 9.17) is 10.8 Å². The van der Waals surface area contributed by atoms with E-state index in [2.05, 4.69) is 5.32 Å². The van der Waals surface area contributed by atoms with Gasteiger partial charge in [-0.05, 0) is 37.6 Å². The average Bonchev–Trinajstić information content (AvgIpc) is 2.81. The van der Waals surface area contributed by atoms with Crippen molar-refractivity contribution in [2.45, 2.75) is 39.5 Å². The number of nitrogens with two attached hydrogens (primary N) is 1. The van der Waals surface area contributed by atoms with Gasteiger partial charge in [0.15, 0.2) is 0 Å². The number of amides is 1. The summed E-state index contributed by atoms with van der Waals surface area (Å²) >= 11 is 0. The van der Waals surface area contributed by atoms with Gasteiger partial charge in [-0.25, -0.2) is 0 Å². The molecule has 3 atom stereocenters. The Morgan fingerprint density at radius 3 is 2.58 bits per heavy atom. The molecular formula is C14H26N2O3. The van der Waals surface area contributed by atoms with Gasteiger partial charge in [-0.2, -0.15) is 0 Å². The van der Waals surface area contributed by atoms with E-state index in [1.54, 1.807) is 0 Å². The van der Waals surface area contributed by atoms with Crippen molar-refractivity contribution in [3.8, 4) is 0 Å². The summed E-state index contributed by atoms with van der Waals surface area (Å²) < 4.78 is 0. The summed E-state index contributed by atoms with van der Waals surface area (Å²) in [5.74, 6) is -0.825. The zero-order valence-electron chi connectivity index (χ0n) is 11.9. The second-order valence-electron chi connectivity index (χ2n) is 5.94. The fourth-order valence-electron chi connectivity index (χ4n) is 2.86. The third-order valence-electron chi connectivity index (χ3n) is 3.93. The Bertz CT molecular complexity index is 318. The minimum Gasteiger partial charge on any atom is -0.481 e. The summed E-state index contributed by atoms with van der Waals surface area (Å²) in [7, 11) is 0. The Morgan fingerprint density at radius 2 is 2.05 bits per heavy atom. The number of carbonyl (C=O) groups is 2. The number of carboxylic acid groups (broad SMARTS) is 1. The van der Waals surface area contributed by atoms with Crippen LogP contribution in [-0.4, -0.2) is 30.1 Å². The molecule has 1 aliphatic carbocycles. The smallest absolute Gasteiger partial charge is 0.308 e. The highest BCUT2D eigenvalue weighted by Gasteiger charge is 2.32. The molecular weight excluding hydrogens is 244 g/mol. The van der Waals surface area contributed by atoms with Crippen molar-refractivity contribution in [2.24, 2.45) is 29.4 Å². The number of nitrogens with one attached hydrogen (secondary N) is 1. The molecule has 110 valence electrons. The van der Waals surface area contributed by atoms with Crippen molar-refractivity contribution in [3.05, 3.63) is 0 Å². The van der Waals surface area contributed by atoms with Gasteiger partial charge < -0.3 is 16.2 Å². The van der Waals surface area contributed by atoms with Crippen LogP contribution in [0.2, 0.25) is 0 Å². The molecule has 0 bridgehead atoms. The Kier molecular flexibility index (Phi) is 6.28. The lowest BCUT2D eigenvalue weighted by Gasteiger charge is -2.20. The predicted octanol–water partition coefficient (Wildman–Crippen LogP) is 1.22. The first-order valence-corrected chi connectivity index (χ1v) is 7.16. The first kappa shape index (κ1) is 16.0. The summed E-state index contributed by atoms with van der Waals surface area (Å²) in [6.07, 6.45) is 3.49. The average molecular weight is 270 g/mol. The third-order valence-corrected chi connectivity index (χ3v) is 3.93. The van der Waals surface area contributed by atoms with Crippen LogP contribution >= 0.6 is 0 Å². The molecule has 1 fully saturated rings. The molecule has 4 N–H and O–H groups in total. The molecule has 0 aromatic carbocycles. The van der Waals surface area contributed by atoms with E-state index in [0.717, 1.165) is 19.3 Å². The number of aliphatic carboxylic acids is 1. The maximum atomic E-state index is 12.1. The van der Waals surface area contributed by atoms with Crippen LogP contribution in [0.4, 0.5) is 0 Å². The molecule has 0 aromatic heterocycles. The zero-order valence-corrected chi connectivity index (χ0v) is 11.9. The molecule has 5 nitrogen and oxygen atoms in total. The van der Waals surface area contributed by atoms with Crippen molar-refractivity contribution >= 4 is 11.9 Å². The highest BCUT2D eigenvalue weighted by molar-refractivity contribution is 5.80. The highest BCUT2D eigenvalue weighted by atomic mass is 16.4. The molecule has 0 spiro atoms. The van der Waals surface area contributed by atoms with E-state index < -0.39 is 11.9 Å². The fraction of sp³-hybridized carbons (Fsp3) is 0.857. The third kappa shape index (κ3) is 4.82. The lowest BCUT2D eigenvalue weighted by Crippen LogP contribution is -2.39. The van der Waals surface area contributed by atoms with Crippen molar-refractivity contribution < 1.29 is 14.7 Å². The van der Waals surface area contributed by atoms with Gasteiger partial charge in [0.25, 0.3) is 0 Å². The van der Waals surface area contributed by atoms with Crippen molar-refractivity contribution in [1.29, 1.82) is 0 Å². The number of hydrogen-bond acceptors (Lipinski definition) is 3. The molecule has 0 saturated heterocycles. The molecule has 5 heteroatoms. The van der Waals surface area contributed by atoms with E-state index in [9.17, 15) is 9.59 Å². The fourth-order valence-corrected chi connectivity index (χ4v) is 2.86. The predicted molar refractivity (Wildman–Crippen MR) is 73.5 cm³/mol. The van der Waals surface area contributed by atoms with Crippen LogP contribution in [0.15, 0.2) is 0 Å². The van der Waals surface area contributed by atoms with Crippen molar-refractivity contribution in [2.75, 3.05) is 13.1 Å². The Labute approximate surface area is 114 Å². The second-order valence-corrected chi connectivity index (χ2v) is 5.94. The van der Waals surface area contributed by atoms with Gasteiger partial charge in [-0.1, -0.05) is 20.3 Å². The number of rotatable bonds is 7. The molecule has 1 rings (SSSR count). The zero-order chi connectivity index (χ0) is 14.4. The minimum atomic E-state index is -0.837. The first-order valence-electron chi connectivity index (χ1n) is 7.16. The van der Waals surface area contributed by atoms with Crippen LogP contribution in [0.25, 0.3) is 0 Å². The van der Waals surface area contributed by atoms with E-state index in [-0.39, 0.29) is 24.3 Å². The molecule has 1 saturated carbocycles. The van der Waals surface area contributed by atoms with E-state index in [1.165, 1.54) is 0 Å². The first-order chi connectivity index (χ1) is 8.95. The van der Waals surface area contributed by atoms with Gasteiger partial charge in [0, 0.05) is 12.5 Å². The Hall–Kier alpha value is -1.10. The molecule has 3 unspecified atom stereocenters. The van der Waals surface area contributed by atoms with Gasteiger partial charge in [0.1, 0.15) is 0 Å². The summed E-state index contributed by atoms with van der Waals surface area (Å²) in [6.45, 7) is 4.73. The van der Waals surface area contributed by atoms with E-state index >= 15 is 0 Å². The standard InChI is InChI=1S/C14H26N2O3/c1-9(2)6-11(14(18)19)8-16-13(17)12-5-3-4-10(12)7-15/h9-12H,3-8,15H2,1-2H3,(H,16,17)(H,18,19). The molecule has 0 aliphatic heterocycles. The summed E-state index contributed by atoms with van der Waals surface area (Å²) in [5, 5.41) is 11.9. The summed E-state index contributed by atoms with van der Waals surface area (Å²) in [6, 6.07) is 0. The van der Waals surface area contributed by atoms with Crippen LogP contribution in [0, 0.1) is 23.7 Å². The van der Waals surface area contributed by atoms with Crippen LogP contribution in [0.1, 0.15) is 39.5 Å². The van der Waals surface area contributed by atoms with Crippen LogP contribution in [0.3, 0.4) is 0 Å². The summed E-state index contributed by atoms with van der Waals surface area (Å²) in [4.78, 5) is 23.2. The van der Waals surface area contributed by atoms with Crippen LogP contribution in [-0.2, 0) is 9.59 Å². The lowest BCUT2D eigenvalue weighted by atomic mass is 9.94. The number of carbonyl (C=O) groups excluding carboxylic acids is 1. The van der Waals surface area contributed by atoms with Gasteiger partial charge in [0.05, 0.1) is 5.92 Å². The second kappa shape index (κ2) is 7.48. The van der Waals surface area contributed by atoms with Crippen molar-refractivity contribution in [1.82, 2.24) is 5.32 Å². The SMILES string of the molecule is CC(C)CC(CNC(=O)C1CCCC1CN)C(=O)O. The van der Waals surface area contributed by atoms with Crippen molar-refractivity contribution in [3.63, 3.8) is 0 Å². The largest absolute Gasteiger partial charge is 0.481 e. The molecule has 0 heterocycles. The van der Waals surface area contributed by atoms with Gasteiger partial charge in [-0.3, -0.25) is 9.59 Å². The lowest BCUT2D eigenvalue weighted by molar-refractivity contribution is -0.142. The molecule has 0 aromatic rings. The molecule has 1 amide bonds. The maximum absolute atomic E-state index is 12.1. The van der Waals surface area contributed by atoms with Gasteiger partial charge in [0.2, 0.25) is 5.91 Å². The molecule has 1 aliphatic rings. The van der Waals surface area contributed by atoms with Crippen LogP contribution < -0.4 is 11.1 Å². The topological polar surface area (TPSA) is 92.4 Å². The molecule has 19 heavy (non-hydrogen) atoms. The molecule has 0 radical (unpaired) electrons.